The van der Waals surface area contributed by atoms with Crippen molar-refractivity contribution in [3.8, 4) is 0 Å². The summed E-state index contributed by atoms with van der Waals surface area (Å²) >= 11 is 0. The lowest BCUT2D eigenvalue weighted by Gasteiger charge is -2.29. The second-order valence-electron chi connectivity index (χ2n) is 5.88. The highest BCUT2D eigenvalue weighted by Gasteiger charge is 2.27. The van der Waals surface area contributed by atoms with E-state index in [1.165, 1.54) is 0 Å². The molecular formula is C17H23NO3. The standard InChI is InChI=1S/C17H23NO3/c1-12-7-8-14(11-13(12)2)17(21)18(10-9-16(19)20)15-5-3-4-6-15/h7-8,11,15H,3-6,9-10H2,1-2H3,(H,19,20). The van der Waals surface area contributed by atoms with Gasteiger partial charge in [0.05, 0.1) is 6.42 Å². The molecule has 1 aliphatic carbocycles. The first-order chi connectivity index (χ1) is 9.99. The number of carboxylic acids is 1. The van der Waals surface area contributed by atoms with Gasteiger partial charge in [0.1, 0.15) is 0 Å². The van der Waals surface area contributed by atoms with Gasteiger partial charge in [0, 0.05) is 18.2 Å². The molecule has 4 nitrogen and oxygen atoms in total. The summed E-state index contributed by atoms with van der Waals surface area (Å²) in [5, 5.41) is 8.90. The van der Waals surface area contributed by atoms with Crippen molar-refractivity contribution in [3.05, 3.63) is 34.9 Å². The van der Waals surface area contributed by atoms with Crippen molar-refractivity contribution in [2.24, 2.45) is 0 Å². The average Bonchev–Trinajstić information content (AvgIpc) is 2.95. The van der Waals surface area contributed by atoms with Gasteiger partial charge in [-0.15, -0.1) is 0 Å². The summed E-state index contributed by atoms with van der Waals surface area (Å²) in [5.74, 6) is -0.892. The fourth-order valence-corrected chi connectivity index (χ4v) is 2.92. The van der Waals surface area contributed by atoms with Gasteiger partial charge in [0.2, 0.25) is 0 Å². The largest absolute Gasteiger partial charge is 0.481 e. The van der Waals surface area contributed by atoms with Crippen molar-refractivity contribution >= 4 is 11.9 Å². The predicted molar refractivity (Wildman–Crippen MR) is 81.5 cm³/mol. The number of carboxylic acid groups (broad SMARTS) is 1. The Labute approximate surface area is 125 Å². The molecule has 0 atom stereocenters. The molecule has 1 saturated carbocycles. The zero-order valence-corrected chi connectivity index (χ0v) is 12.8. The molecule has 0 radical (unpaired) electrons. The molecule has 0 heterocycles. The van der Waals surface area contributed by atoms with Crippen LogP contribution in [0.2, 0.25) is 0 Å². The van der Waals surface area contributed by atoms with Crippen molar-refractivity contribution < 1.29 is 14.7 Å². The minimum Gasteiger partial charge on any atom is -0.481 e. The second-order valence-corrected chi connectivity index (χ2v) is 5.88. The van der Waals surface area contributed by atoms with Crippen molar-refractivity contribution in [1.82, 2.24) is 4.90 Å². The maximum atomic E-state index is 12.7. The Morgan fingerprint density at radius 3 is 2.43 bits per heavy atom. The van der Waals surface area contributed by atoms with Crippen LogP contribution in [0.4, 0.5) is 0 Å². The Bertz CT molecular complexity index is 533. The molecule has 0 aliphatic heterocycles. The highest BCUT2D eigenvalue weighted by molar-refractivity contribution is 5.95. The summed E-state index contributed by atoms with van der Waals surface area (Å²) in [6.07, 6.45) is 4.21. The molecule has 1 N–H and O–H groups in total. The number of rotatable bonds is 5. The number of hydrogen-bond acceptors (Lipinski definition) is 2. The fourth-order valence-electron chi connectivity index (χ4n) is 2.92. The summed E-state index contributed by atoms with van der Waals surface area (Å²) in [7, 11) is 0. The number of aryl methyl sites for hydroxylation is 2. The maximum absolute atomic E-state index is 12.7. The molecule has 0 saturated heterocycles. The minimum absolute atomic E-state index is 0.00703. The smallest absolute Gasteiger partial charge is 0.305 e. The van der Waals surface area contributed by atoms with Crippen LogP contribution in [0.1, 0.15) is 53.6 Å². The highest BCUT2D eigenvalue weighted by Crippen LogP contribution is 2.25. The monoisotopic (exact) mass is 289 g/mol. The van der Waals surface area contributed by atoms with Gasteiger partial charge in [-0.2, -0.15) is 0 Å². The molecule has 1 aromatic carbocycles. The zero-order chi connectivity index (χ0) is 15.4. The molecule has 4 heteroatoms. The number of carbonyl (C=O) groups is 2. The summed E-state index contributed by atoms with van der Waals surface area (Å²) < 4.78 is 0. The summed E-state index contributed by atoms with van der Waals surface area (Å²) in [6, 6.07) is 5.89. The summed E-state index contributed by atoms with van der Waals surface area (Å²) in [5.41, 5.74) is 2.91. The van der Waals surface area contributed by atoms with Gasteiger partial charge in [-0.05, 0) is 49.9 Å². The number of nitrogens with zero attached hydrogens (tertiary/aromatic N) is 1. The predicted octanol–water partition coefficient (Wildman–Crippen LogP) is 3.16. The molecule has 1 amide bonds. The topological polar surface area (TPSA) is 57.6 Å². The van der Waals surface area contributed by atoms with Gasteiger partial charge < -0.3 is 10.0 Å². The van der Waals surface area contributed by atoms with Gasteiger partial charge in [-0.1, -0.05) is 18.9 Å². The summed E-state index contributed by atoms with van der Waals surface area (Å²) in [6.45, 7) is 4.30. The van der Waals surface area contributed by atoms with E-state index < -0.39 is 5.97 Å². The third-order valence-electron chi connectivity index (χ3n) is 4.35. The van der Waals surface area contributed by atoms with Crippen LogP contribution in [-0.2, 0) is 4.79 Å². The van der Waals surface area contributed by atoms with E-state index >= 15 is 0 Å². The number of amides is 1. The molecule has 1 aliphatic rings. The molecule has 0 spiro atoms. The molecule has 1 fully saturated rings. The Morgan fingerprint density at radius 2 is 1.86 bits per heavy atom. The van der Waals surface area contributed by atoms with Gasteiger partial charge >= 0.3 is 5.97 Å². The molecule has 114 valence electrons. The van der Waals surface area contributed by atoms with Crippen molar-refractivity contribution in [3.63, 3.8) is 0 Å². The second kappa shape index (κ2) is 6.74. The van der Waals surface area contributed by atoms with Crippen LogP contribution >= 0.6 is 0 Å². The van der Waals surface area contributed by atoms with Crippen LogP contribution in [-0.4, -0.2) is 34.5 Å². The van der Waals surface area contributed by atoms with E-state index in [9.17, 15) is 9.59 Å². The zero-order valence-electron chi connectivity index (χ0n) is 12.8. The normalized spacial score (nSPS) is 15.1. The van der Waals surface area contributed by atoms with Crippen LogP contribution in [0, 0.1) is 13.8 Å². The SMILES string of the molecule is Cc1ccc(C(=O)N(CCC(=O)O)C2CCCC2)cc1C. The Kier molecular flexibility index (Phi) is 4.99. The summed E-state index contributed by atoms with van der Waals surface area (Å²) in [4.78, 5) is 25.3. The lowest BCUT2D eigenvalue weighted by atomic mass is 10.0. The number of hydrogen-bond donors (Lipinski definition) is 1. The first kappa shape index (κ1) is 15.5. The average molecular weight is 289 g/mol. The quantitative estimate of drug-likeness (QED) is 0.905. The molecule has 0 unspecified atom stereocenters. The van der Waals surface area contributed by atoms with Crippen molar-refractivity contribution in [2.75, 3.05) is 6.54 Å². The molecule has 2 rings (SSSR count). The third kappa shape index (κ3) is 3.84. The van der Waals surface area contributed by atoms with Gasteiger partial charge in [0.15, 0.2) is 0 Å². The van der Waals surface area contributed by atoms with E-state index in [0.29, 0.717) is 12.1 Å². The van der Waals surface area contributed by atoms with Gasteiger partial charge in [-0.25, -0.2) is 0 Å². The first-order valence-corrected chi connectivity index (χ1v) is 7.59. The fraction of sp³-hybridized carbons (Fsp3) is 0.529. The van der Waals surface area contributed by atoms with Crippen molar-refractivity contribution in [1.29, 1.82) is 0 Å². The van der Waals surface area contributed by atoms with Crippen LogP contribution in [0.3, 0.4) is 0 Å². The molecular weight excluding hydrogens is 266 g/mol. The van der Waals surface area contributed by atoms with E-state index in [1.807, 2.05) is 32.0 Å². The van der Waals surface area contributed by atoms with Crippen molar-refractivity contribution in [2.45, 2.75) is 52.0 Å². The van der Waals surface area contributed by atoms with E-state index in [2.05, 4.69) is 0 Å². The third-order valence-corrected chi connectivity index (χ3v) is 4.35. The van der Waals surface area contributed by atoms with Crippen LogP contribution < -0.4 is 0 Å². The van der Waals surface area contributed by atoms with E-state index in [4.69, 9.17) is 5.11 Å². The molecule has 0 aromatic heterocycles. The van der Waals surface area contributed by atoms with E-state index in [1.54, 1.807) is 4.90 Å². The van der Waals surface area contributed by atoms with Crippen LogP contribution in [0.5, 0.6) is 0 Å². The Morgan fingerprint density at radius 1 is 1.19 bits per heavy atom. The number of carbonyl (C=O) groups excluding carboxylic acids is 1. The van der Waals surface area contributed by atoms with Gasteiger partial charge in [0.25, 0.3) is 5.91 Å². The maximum Gasteiger partial charge on any atom is 0.305 e. The Balaban J connectivity index is 2.19. The lowest BCUT2D eigenvalue weighted by molar-refractivity contribution is -0.137. The molecule has 21 heavy (non-hydrogen) atoms. The minimum atomic E-state index is -0.856. The highest BCUT2D eigenvalue weighted by atomic mass is 16.4. The molecule has 1 aromatic rings. The van der Waals surface area contributed by atoms with E-state index in [-0.39, 0.29) is 18.4 Å². The first-order valence-electron chi connectivity index (χ1n) is 7.59. The number of benzene rings is 1. The van der Waals surface area contributed by atoms with Gasteiger partial charge in [-0.3, -0.25) is 9.59 Å². The van der Waals surface area contributed by atoms with Crippen LogP contribution in [0.25, 0.3) is 0 Å². The van der Waals surface area contributed by atoms with Crippen LogP contribution in [0.15, 0.2) is 18.2 Å². The lowest BCUT2D eigenvalue weighted by Crippen LogP contribution is -2.40. The molecule has 0 bridgehead atoms. The van der Waals surface area contributed by atoms with E-state index in [0.717, 1.165) is 36.8 Å². The Hall–Kier alpha value is -1.84. The number of aliphatic carboxylic acids is 1.